The normalized spacial score (nSPS) is 10.9. The molecule has 0 fully saturated rings. The average molecular weight is 322 g/mol. The van der Waals surface area contributed by atoms with Crippen LogP contribution in [-0.4, -0.2) is 30.5 Å². The van der Waals surface area contributed by atoms with Crippen LogP contribution < -0.4 is 5.32 Å². The summed E-state index contributed by atoms with van der Waals surface area (Å²) < 4.78 is 4.29. The van der Waals surface area contributed by atoms with E-state index in [1.807, 2.05) is 37.1 Å². The number of amides is 1. The fraction of sp³-hybridized carbons (Fsp3) is 0.571. The van der Waals surface area contributed by atoms with Crippen molar-refractivity contribution in [3.63, 3.8) is 0 Å². The monoisotopic (exact) mass is 322 g/mol. The molecule has 0 atom stereocenters. The summed E-state index contributed by atoms with van der Waals surface area (Å²) >= 11 is 5.12. The van der Waals surface area contributed by atoms with Gasteiger partial charge in [-0.2, -0.15) is 10.2 Å². The molecule has 0 saturated carbocycles. The van der Waals surface area contributed by atoms with Crippen LogP contribution in [0.25, 0.3) is 0 Å². The number of aromatic amines is 1. The first kappa shape index (κ1) is 16.4. The van der Waals surface area contributed by atoms with Crippen LogP contribution in [0.1, 0.15) is 36.1 Å². The molecule has 0 aliphatic rings. The smallest absolute Gasteiger partial charge is 0.220 e. The zero-order chi connectivity index (χ0) is 16.3. The van der Waals surface area contributed by atoms with Crippen molar-refractivity contribution in [3.05, 3.63) is 27.5 Å². The lowest BCUT2D eigenvalue weighted by Gasteiger charge is -2.06. The predicted molar refractivity (Wildman–Crippen MR) is 85.9 cm³/mol. The SMILES string of the molecule is CCn1c(CNC(=O)CCc2c(C)nn(C)c2C)n[nH]c1=S. The van der Waals surface area contributed by atoms with Crippen molar-refractivity contribution in [1.82, 2.24) is 29.9 Å². The second-order valence-electron chi connectivity index (χ2n) is 5.24. The Kier molecular flexibility index (Phi) is 5.12. The number of nitrogens with one attached hydrogen (secondary N) is 2. The molecule has 0 aromatic carbocycles. The van der Waals surface area contributed by atoms with E-state index in [1.54, 1.807) is 0 Å². The Morgan fingerprint density at radius 1 is 1.41 bits per heavy atom. The summed E-state index contributed by atoms with van der Waals surface area (Å²) in [6.07, 6.45) is 1.13. The first-order valence-electron chi connectivity index (χ1n) is 7.33. The van der Waals surface area contributed by atoms with Crippen LogP contribution in [0.15, 0.2) is 0 Å². The minimum absolute atomic E-state index is 0.000718. The summed E-state index contributed by atoms with van der Waals surface area (Å²) in [5.74, 6) is 0.744. The molecule has 22 heavy (non-hydrogen) atoms. The van der Waals surface area contributed by atoms with Gasteiger partial charge in [0.05, 0.1) is 12.2 Å². The van der Waals surface area contributed by atoms with Crippen molar-refractivity contribution < 1.29 is 4.79 Å². The molecular formula is C14H22N6OS. The van der Waals surface area contributed by atoms with Crippen molar-refractivity contribution in [3.8, 4) is 0 Å². The molecule has 120 valence electrons. The van der Waals surface area contributed by atoms with Crippen molar-refractivity contribution in [2.45, 2.75) is 46.7 Å². The van der Waals surface area contributed by atoms with Gasteiger partial charge in [-0.25, -0.2) is 0 Å². The number of carbonyl (C=O) groups is 1. The van der Waals surface area contributed by atoms with Crippen LogP contribution in [0, 0.1) is 18.6 Å². The summed E-state index contributed by atoms with van der Waals surface area (Å²) in [6.45, 7) is 7.09. The third-order valence-corrected chi connectivity index (χ3v) is 4.17. The number of carbonyl (C=O) groups excluding carboxylic acids is 1. The summed E-state index contributed by atoms with van der Waals surface area (Å²) in [4.78, 5) is 12.0. The van der Waals surface area contributed by atoms with Gasteiger partial charge in [0.25, 0.3) is 0 Å². The second-order valence-corrected chi connectivity index (χ2v) is 5.63. The largest absolute Gasteiger partial charge is 0.349 e. The molecular weight excluding hydrogens is 300 g/mol. The molecule has 1 amide bonds. The number of rotatable bonds is 6. The molecule has 2 heterocycles. The molecule has 0 bridgehead atoms. The topological polar surface area (TPSA) is 80.5 Å². The predicted octanol–water partition coefficient (Wildman–Crippen LogP) is 1.56. The van der Waals surface area contributed by atoms with E-state index in [2.05, 4.69) is 20.6 Å². The number of hydrogen-bond donors (Lipinski definition) is 2. The Morgan fingerprint density at radius 3 is 2.73 bits per heavy atom. The van der Waals surface area contributed by atoms with E-state index >= 15 is 0 Å². The van der Waals surface area contributed by atoms with Gasteiger partial charge in [0.1, 0.15) is 0 Å². The van der Waals surface area contributed by atoms with E-state index in [0.29, 0.717) is 24.2 Å². The molecule has 2 rings (SSSR count). The molecule has 0 radical (unpaired) electrons. The third-order valence-electron chi connectivity index (χ3n) is 3.86. The fourth-order valence-corrected chi connectivity index (χ4v) is 2.78. The first-order valence-corrected chi connectivity index (χ1v) is 7.74. The molecule has 8 heteroatoms. The van der Waals surface area contributed by atoms with Gasteiger partial charge >= 0.3 is 0 Å². The highest BCUT2D eigenvalue weighted by molar-refractivity contribution is 7.71. The van der Waals surface area contributed by atoms with Crippen LogP contribution in [0.4, 0.5) is 0 Å². The summed E-state index contributed by atoms with van der Waals surface area (Å²) in [7, 11) is 1.92. The minimum Gasteiger partial charge on any atom is -0.349 e. The quantitative estimate of drug-likeness (QED) is 0.791. The highest BCUT2D eigenvalue weighted by Crippen LogP contribution is 2.13. The van der Waals surface area contributed by atoms with E-state index in [0.717, 1.165) is 29.3 Å². The Morgan fingerprint density at radius 2 is 2.14 bits per heavy atom. The molecule has 2 N–H and O–H groups in total. The van der Waals surface area contributed by atoms with E-state index < -0.39 is 0 Å². The minimum atomic E-state index is -0.000718. The van der Waals surface area contributed by atoms with Crippen LogP contribution in [-0.2, 0) is 31.4 Å². The zero-order valence-corrected chi connectivity index (χ0v) is 14.3. The van der Waals surface area contributed by atoms with E-state index in [-0.39, 0.29) is 5.91 Å². The van der Waals surface area contributed by atoms with E-state index in [9.17, 15) is 4.79 Å². The lowest BCUT2D eigenvalue weighted by molar-refractivity contribution is -0.121. The van der Waals surface area contributed by atoms with Gasteiger partial charge in [-0.3, -0.25) is 14.6 Å². The Balaban J connectivity index is 1.89. The van der Waals surface area contributed by atoms with Crippen molar-refractivity contribution >= 4 is 18.1 Å². The van der Waals surface area contributed by atoms with Gasteiger partial charge in [0.2, 0.25) is 5.91 Å². The Labute approximate surface area is 134 Å². The molecule has 0 aliphatic heterocycles. The Bertz CT molecular complexity index is 726. The van der Waals surface area contributed by atoms with E-state index in [1.165, 1.54) is 0 Å². The van der Waals surface area contributed by atoms with Gasteiger partial charge < -0.3 is 9.88 Å². The second kappa shape index (κ2) is 6.87. The maximum absolute atomic E-state index is 12.0. The van der Waals surface area contributed by atoms with Gasteiger partial charge in [0, 0.05) is 25.7 Å². The van der Waals surface area contributed by atoms with Gasteiger partial charge in [0.15, 0.2) is 10.6 Å². The number of aryl methyl sites for hydroxylation is 2. The lowest BCUT2D eigenvalue weighted by Crippen LogP contribution is -2.25. The van der Waals surface area contributed by atoms with Gasteiger partial charge in [-0.15, -0.1) is 0 Å². The van der Waals surface area contributed by atoms with Crippen LogP contribution in [0.3, 0.4) is 0 Å². The standard InChI is InChI=1S/C14H22N6OS/c1-5-20-12(16-17-14(20)22)8-15-13(21)7-6-11-9(2)18-19(4)10(11)3/h5-8H2,1-4H3,(H,15,21)(H,17,22). The molecule has 2 aromatic rings. The fourth-order valence-electron chi connectivity index (χ4n) is 2.50. The van der Waals surface area contributed by atoms with Crippen LogP contribution in [0.2, 0.25) is 0 Å². The molecule has 2 aromatic heterocycles. The number of nitrogens with zero attached hydrogens (tertiary/aromatic N) is 4. The van der Waals surface area contributed by atoms with E-state index in [4.69, 9.17) is 12.2 Å². The molecule has 0 spiro atoms. The first-order chi connectivity index (χ1) is 10.4. The summed E-state index contributed by atoms with van der Waals surface area (Å²) in [5.41, 5.74) is 3.24. The third kappa shape index (κ3) is 3.44. The maximum Gasteiger partial charge on any atom is 0.220 e. The Hall–Kier alpha value is -1.96. The van der Waals surface area contributed by atoms with Crippen molar-refractivity contribution in [1.29, 1.82) is 0 Å². The number of H-pyrrole nitrogens is 1. The van der Waals surface area contributed by atoms with Crippen molar-refractivity contribution in [2.75, 3.05) is 0 Å². The summed E-state index contributed by atoms with van der Waals surface area (Å²) in [6, 6.07) is 0. The van der Waals surface area contributed by atoms with Crippen LogP contribution >= 0.6 is 12.2 Å². The number of hydrogen-bond acceptors (Lipinski definition) is 4. The van der Waals surface area contributed by atoms with Gasteiger partial charge in [-0.05, 0) is 45.0 Å². The zero-order valence-electron chi connectivity index (χ0n) is 13.4. The summed E-state index contributed by atoms with van der Waals surface area (Å²) in [5, 5.41) is 14.1. The average Bonchev–Trinajstić information content (AvgIpc) is 2.95. The maximum atomic E-state index is 12.0. The molecule has 0 saturated heterocycles. The molecule has 7 nitrogen and oxygen atoms in total. The highest BCUT2D eigenvalue weighted by Gasteiger charge is 2.12. The lowest BCUT2D eigenvalue weighted by atomic mass is 10.1. The van der Waals surface area contributed by atoms with Crippen molar-refractivity contribution in [2.24, 2.45) is 7.05 Å². The van der Waals surface area contributed by atoms with Crippen LogP contribution in [0.5, 0.6) is 0 Å². The molecule has 0 unspecified atom stereocenters. The molecule has 0 aliphatic carbocycles. The van der Waals surface area contributed by atoms with Gasteiger partial charge in [-0.1, -0.05) is 0 Å². The number of aromatic nitrogens is 5. The highest BCUT2D eigenvalue weighted by atomic mass is 32.1.